The van der Waals surface area contributed by atoms with E-state index >= 15 is 0 Å². The van der Waals surface area contributed by atoms with E-state index in [2.05, 4.69) is 10.1 Å². The van der Waals surface area contributed by atoms with E-state index in [0.717, 1.165) is 11.1 Å². The fraction of sp³-hybridized carbons (Fsp3) is 0.273. The lowest BCUT2D eigenvalue weighted by Gasteiger charge is -2.06. The van der Waals surface area contributed by atoms with E-state index < -0.39 is 11.9 Å². The maximum Gasteiger partial charge on any atom is 0.396 e. The van der Waals surface area contributed by atoms with Crippen LogP contribution in [-0.4, -0.2) is 19.0 Å². The summed E-state index contributed by atoms with van der Waals surface area (Å²) in [5.74, 6) is -1.66. The third-order valence-corrected chi connectivity index (χ3v) is 2.14. The van der Waals surface area contributed by atoms with Gasteiger partial charge in [-0.2, -0.15) is 0 Å². The van der Waals surface area contributed by atoms with Crippen LogP contribution in [0.5, 0.6) is 0 Å². The second-order valence-corrected chi connectivity index (χ2v) is 3.24. The first kappa shape index (κ1) is 11.2. The van der Waals surface area contributed by atoms with Crippen molar-refractivity contribution in [3.8, 4) is 0 Å². The average molecular weight is 207 g/mol. The van der Waals surface area contributed by atoms with Crippen molar-refractivity contribution in [2.45, 2.75) is 13.8 Å². The van der Waals surface area contributed by atoms with Crippen LogP contribution in [0.25, 0.3) is 0 Å². The zero-order chi connectivity index (χ0) is 11.4. The Bertz CT molecular complexity index is 399. The van der Waals surface area contributed by atoms with E-state index in [0.29, 0.717) is 5.69 Å². The maximum absolute atomic E-state index is 11.2. The number of ether oxygens (including phenoxy) is 1. The molecule has 0 fully saturated rings. The minimum Gasteiger partial charge on any atom is -0.462 e. The highest BCUT2D eigenvalue weighted by Crippen LogP contribution is 2.13. The summed E-state index contributed by atoms with van der Waals surface area (Å²) in [5.41, 5.74) is 2.78. The zero-order valence-electron chi connectivity index (χ0n) is 8.96. The van der Waals surface area contributed by atoms with Crippen molar-refractivity contribution >= 4 is 17.6 Å². The lowest BCUT2D eigenvalue weighted by Crippen LogP contribution is -2.23. The minimum atomic E-state index is -0.895. The highest BCUT2D eigenvalue weighted by atomic mass is 16.5. The van der Waals surface area contributed by atoms with Crippen LogP contribution in [0, 0.1) is 13.8 Å². The molecule has 0 spiro atoms. The quantitative estimate of drug-likeness (QED) is 0.559. The van der Waals surface area contributed by atoms with E-state index in [1.807, 2.05) is 19.9 Å². The monoisotopic (exact) mass is 207 g/mol. The first-order valence-corrected chi connectivity index (χ1v) is 4.51. The number of esters is 1. The molecule has 0 atom stereocenters. The first-order valence-electron chi connectivity index (χ1n) is 4.51. The van der Waals surface area contributed by atoms with Gasteiger partial charge in [-0.25, -0.2) is 4.79 Å². The second kappa shape index (κ2) is 4.59. The van der Waals surface area contributed by atoms with Gasteiger partial charge in [0.1, 0.15) is 0 Å². The Hall–Kier alpha value is -1.84. The SMILES string of the molecule is COC(=O)C(=O)Nc1ccc(C)c(C)c1. The Kier molecular flexibility index (Phi) is 3.44. The summed E-state index contributed by atoms with van der Waals surface area (Å²) in [4.78, 5) is 22.0. The van der Waals surface area contributed by atoms with Crippen molar-refractivity contribution in [2.75, 3.05) is 12.4 Å². The number of hydrogen-bond acceptors (Lipinski definition) is 3. The normalized spacial score (nSPS) is 9.53. The van der Waals surface area contributed by atoms with E-state index in [4.69, 9.17) is 0 Å². The molecular formula is C11H13NO3. The van der Waals surface area contributed by atoms with Crippen LogP contribution < -0.4 is 5.32 Å². The third-order valence-electron chi connectivity index (χ3n) is 2.14. The Morgan fingerprint density at radius 1 is 1.20 bits per heavy atom. The molecule has 4 nitrogen and oxygen atoms in total. The van der Waals surface area contributed by atoms with E-state index in [1.54, 1.807) is 12.1 Å². The Labute approximate surface area is 88.2 Å². The molecule has 0 saturated heterocycles. The van der Waals surface area contributed by atoms with Crippen molar-refractivity contribution in [3.05, 3.63) is 29.3 Å². The maximum atomic E-state index is 11.2. The molecule has 1 rings (SSSR count). The second-order valence-electron chi connectivity index (χ2n) is 3.24. The standard InChI is InChI=1S/C11H13NO3/c1-7-4-5-9(6-8(7)2)12-10(13)11(14)15-3/h4-6H,1-3H3,(H,12,13). The van der Waals surface area contributed by atoms with Crippen molar-refractivity contribution in [2.24, 2.45) is 0 Å². The van der Waals surface area contributed by atoms with Gasteiger partial charge in [-0.3, -0.25) is 4.79 Å². The largest absolute Gasteiger partial charge is 0.462 e. The van der Waals surface area contributed by atoms with Crippen LogP contribution in [0.3, 0.4) is 0 Å². The third kappa shape index (κ3) is 2.80. The molecule has 1 amide bonds. The van der Waals surface area contributed by atoms with Gasteiger partial charge in [-0.1, -0.05) is 6.07 Å². The Morgan fingerprint density at radius 3 is 2.40 bits per heavy atom. The van der Waals surface area contributed by atoms with Gasteiger partial charge in [0.2, 0.25) is 0 Å². The highest BCUT2D eigenvalue weighted by molar-refractivity contribution is 6.37. The number of aryl methyl sites for hydroxylation is 2. The fourth-order valence-electron chi connectivity index (χ4n) is 1.09. The summed E-state index contributed by atoms with van der Waals surface area (Å²) >= 11 is 0. The van der Waals surface area contributed by atoms with E-state index in [9.17, 15) is 9.59 Å². The van der Waals surface area contributed by atoms with E-state index in [1.165, 1.54) is 7.11 Å². The number of hydrogen-bond donors (Lipinski definition) is 1. The summed E-state index contributed by atoms with van der Waals surface area (Å²) in [7, 11) is 1.17. The molecule has 0 aliphatic rings. The molecule has 0 heterocycles. The Morgan fingerprint density at radius 2 is 1.87 bits per heavy atom. The van der Waals surface area contributed by atoms with Gasteiger partial charge in [-0.05, 0) is 37.1 Å². The molecule has 0 saturated carbocycles. The number of methoxy groups -OCH3 is 1. The van der Waals surface area contributed by atoms with Gasteiger partial charge in [0.05, 0.1) is 7.11 Å². The van der Waals surface area contributed by atoms with Gasteiger partial charge >= 0.3 is 11.9 Å². The van der Waals surface area contributed by atoms with Gasteiger partial charge in [0.25, 0.3) is 0 Å². The predicted octanol–water partition coefficient (Wildman–Crippen LogP) is 1.41. The van der Waals surface area contributed by atoms with Crippen molar-refractivity contribution in [3.63, 3.8) is 0 Å². The number of amides is 1. The molecule has 0 radical (unpaired) electrons. The van der Waals surface area contributed by atoms with Gasteiger partial charge in [0, 0.05) is 5.69 Å². The molecule has 4 heteroatoms. The van der Waals surface area contributed by atoms with Crippen LogP contribution in [-0.2, 0) is 14.3 Å². The molecule has 1 aromatic rings. The average Bonchev–Trinajstić information content (AvgIpc) is 2.22. The van der Waals surface area contributed by atoms with E-state index in [-0.39, 0.29) is 0 Å². The lowest BCUT2D eigenvalue weighted by atomic mass is 10.1. The Balaban J connectivity index is 2.77. The number of rotatable bonds is 1. The highest BCUT2D eigenvalue weighted by Gasteiger charge is 2.13. The van der Waals surface area contributed by atoms with Crippen molar-refractivity contribution < 1.29 is 14.3 Å². The summed E-state index contributed by atoms with van der Waals surface area (Å²) in [5, 5.41) is 2.45. The predicted molar refractivity (Wildman–Crippen MR) is 56.6 cm³/mol. The van der Waals surface area contributed by atoms with Gasteiger partial charge in [-0.15, -0.1) is 0 Å². The number of benzene rings is 1. The summed E-state index contributed by atoms with van der Waals surface area (Å²) in [6, 6.07) is 5.42. The van der Waals surface area contributed by atoms with Crippen molar-refractivity contribution in [1.29, 1.82) is 0 Å². The number of carbonyl (C=O) groups excluding carboxylic acids is 2. The molecule has 0 aromatic heterocycles. The molecule has 15 heavy (non-hydrogen) atoms. The number of anilines is 1. The van der Waals surface area contributed by atoms with Crippen LogP contribution in [0.4, 0.5) is 5.69 Å². The molecule has 0 unspecified atom stereocenters. The molecule has 1 aromatic carbocycles. The summed E-state index contributed by atoms with van der Waals surface area (Å²) in [6.07, 6.45) is 0. The van der Waals surface area contributed by atoms with Crippen LogP contribution in [0.15, 0.2) is 18.2 Å². The molecule has 1 N–H and O–H groups in total. The lowest BCUT2D eigenvalue weighted by molar-refractivity contribution is -0.150. The fourth-order valence-corrected chi connectivity index (χ4v) is 1.09. The molecule has 0 bridgehead atoms. The summed E-state index contributed by atoms with van der Waals surface area (Å²) in [6.45, 7) is 3.91. The molecule has 0 aliphatic carbocycles. The van der Waals surface area contributed by atoms with Gasteiger partial charge in [0.15, 0.2) is 0 Å². The topological polar surface area (TPSA) is 55.4 Å². The van der Waals surface area contributed by atoms with Crippen LogP contribution >= 0.6 is 0 Å². The zero-order valence-corrected chi connectivity index (χ0v) is 8.96. The first-order chi connectivity index (χ1) is 7.04. The molecule has 80 valence electrons. The summed E-state index contributed by atoms with van der Waals surface area (Å²) < 4.78 is 4.29. The molecule has 0 aliphatic heterocycles. The number of nitrogens with one attached hydrogen (secondary N) is 1. The van der Waals surface area contributed by atoms with Crippen molar-refractivity contribution in [1.82, 2.24) is 0 Å². The minimum absolute atomic E-state index is 0.591. The molecular weight excluding hydrogens is 194 g/mol. The smallest absolute Gasteiger partial charge is 0.396 e. The van der Waals surface area contributed by atoms with Crippen LogP contribution in [0.1, 0.15) is 11.1 Å². The van der Waals surface area contributed by atoms with Gasteiger partial charge < -0.3 is 10.1 Å². The van der Waals surface area contributed by atoms with Crippen LogP contribution in [0.2, 0.25) is 0 Å². The number of carbonyl (C=O) groups is 2.